The molecule has 0 unspecified atom stereocenters. The Morgan fingerprint density at radius 3 is 2.33 bits per heavy atom. The average Bonchev–Trinajstić information content (AvgIpc) is 2.75. The summed E-state index contributed by atoms with van der Waals surface area (Å²) in [6.45, 7) is 3.06. The van der Waals surface area contributed by atoms with Crippen molar-refractivity contribution in [3.05, 3.63) is 52.5 Å². The molecule has 0 atom stereocenters. The van der Waals surface area contributed by atoms with Gasteiger partial charge in [-0.1, -0.05) is 30.1 Å². The number of hydrogen-bond donors (Lipinski definition) is 0. The van der Waals surface area contributed by atoms with Crippen LogP contribution in [0.15, 0.2) is 47.4 Å². The number of nitrogens with zero attached hydrogens (tertiary/aromatic N) is 1. The second kappa shape index (κ2) is 10.0. The molecule has 0 aliphatic carbocycles. The van der Waals surface area contributed by atoms with Crippen molar-refractivity contribution >= 4 is 39.2 Å². The molecule has 2 aromatic carbocycles. The number of halogens is 2. The van der Waals surface area contributed by atoms with Gasteiger partial charge in [-0.3, -0.25) is 4.79 Å². The number of esters is 1. The molecule has 2 aromatic rings. The summed E-state index contributed by atoms with van der Waals surface area (Å²) in [5.41, 5.74) is 0. The topological polar surface area (TPSA) is 72.9 Å². The van der Waals surface area contributed by atoms with E-state index in [9.17, 15) is 13.2 Å². The first-order chi connectivity index (χ1) is 14.3. The van der Waals surface area contributed by atoms with Crippen LogP contribution in [0.3, 0.4) is 0 Å². The van der Waals surface area contributed by atoms with Gasteiger partial charge in [0.1, 0.15) is 16.4 Å². The van der Waals surface area contributed by atoms with Crippen molar-refractivity contribution in [2.45, 2.75) is 31.1 Å². The minimum atomic E-state index is -3.78. The largest absolute Gasteiger partial charge is 0.494 e. The minimum Gasteiger partial charge on any atom is -0.494 e. The Morgan fingerprint density at radius 2 is 1.70 bits per heavy atom. The summed E-state index contributed by atoms with van der Waals surface area (Å²) in [4.78, 5) is 12.5. The number of hydrogen-bond acceptors (Lipinski definition) is 5. The van der Waals surface area contributed by atoms with Crippen LogP contribution in [0.1, 0.15) is 26.2 Å². The lowest BCUT2D eigenvalue weighted by Gasteiger charge is -2.30. The van der Waals surface area contributed by atoms with Crippen LogP contribution in [-0.2, 0) is 14.8 Å². The van der Waals surface area contributed by atoms with E-state index in [1.54, 1.807) is 24.3 Å². The zero-order valence-corrected chi connectivity index (χ0v) is 18.8. The molecular weight excluding hydrogens is 449 g/mol. The van der Waals surface area contributed by atoms with Crippen molar-refractivity contribution in [3.63, 3.8) is 0 Å². The quantitative estimate of drug-likeness (QED) is 0.428. The Kier molecular flexibility index (Phi) is 7.63. The van der Waals surface area contributed by atoms with Gasteiger partial charge in [0, 0.05) is 18.1 Å². The van der Waals surface area contributed by atoms with Crippen LogP contribution in [0.25, 0.3) is 0 Å². The Balaban J connectivity index is 1.58. The van der Waals surface area contributed by atoms with E-state index >= 15 is 0 Å². The second-order valence-corrected chi connectivity index (χ2v) is 9.74. The van der Waals surface area contributed by atoms with Gasteiger partial charge in [-0.2, -0.15) is 4.31 Å². The molecule has 0 aromatic heterocycles. The molecule has 0 spiro atoms. The maximum atomic E-state index is 12.9. The van der Waals surface area contributed by atoms with Crippen LogP contribution < -0.4 is 9.47 Å². The maximum Gasteiger partial charge on any atom is 0.314 e. The van der Waals surface area contributed by atoms with Gasteiger partial charge in [0.05, 0.1) is 17.5 Å². The Hall–Kier alpha value is -1.80. The van der Waals surface area contributed by atoms with Crippen LogP contribution in [0.5, 0.6) is 11.5 Å². The third kappa shape index (κ3) is 5.46. The van der Waals surface area contributed by atoms with Crippen molar-refractivity contribution in [2.75, 3.05) is 19.7 Å². The molecule has 0 amide bonds. The predicted molar refractivity (Wildman–Crippen MR) is 116 cm³/mol. The number of ether oxygens (including phenoxy) is 2. The zero-order chi connectivity index (χ0) is 21.7. The molecule has 162 valence electrons. The molecule has 0 saturated carbocycles. The van der Waals surface area contributed by atoms with Crippen LogP contribution in [0.4, 0.5) is 0 Å². The van der Waals surface area contributed by atoms with Crippen LogP contribution in [-0.4, -0.2) is 38.4 Å². The fraction of sp³-hybridized carbons (Fsp3) is 0.381. The van der Waals surface area contributed by atoms with Crippen molar-refractivity contribution in [2.24, 2.45) is 5.92 Å². The summed E-state index contributed by atoms with van der Waals surface area (Å²) in [7, 11) is -3.78. The summed E-state index contributed by atoms with van der Waals surface area (Å²) in [5.74, 6) is 0.414. The van der Waals surface area contributed by atoms with Crippen molar-refractivity contribution in [1.82, 2.24) is 4.31 Å². The van der Waals surface area contributed by atoms with E-state index < -0.39 is 10.0 Å². The van der Waals surface area contributed by atoms with Crippen LogP contribution >= 0.6 is 23.2 Å². The average molecular weight is 472 g/mol. The molecule has 0 bridgehead atoms. The first kappa shape index (κ1) is 22.9. The van der Waals surface area contributed by atoms with Gasteiger partial charge in [0.25, 0.3) is 0 Å². The van der Waals surface area contributed by atoms with Gasteiger partial charge in [0.2, 0.25) is 10.0 Å². The summed E-state index contributed by atoms with van der Waals surface area (Å²) in [5, 5.41) is 0.412. The zero-order valence-electron chi connectivity index (χ0n) is 16.5. The molecule has 30 heavy (non-hydrogen) atoms. The van der Waals surface area contributed by atoms with Gasteiger partial charge < -0.3 is 9.47 Å². The van der Waals surface area contributed by atoms with Gasteiger partial charge in [-0.25, -0.2) is 8.42 Å². The van der Waals surface area contributed by atoms with Gasteiger partial charge in [-0.05, 0) is 61.7 Å². The lowest BCUT2D eigenvalue weighted by Crippen LogP contribution is -2.41. The minimum absolute atomic E-state index is 0.0249. The number of rotatable bonds is 7. The normalized spacial score (nSPS) is 15.7. The number of carbonyl (C=O) groups excluding carboxylic acids is 1. The summed E-state index contributed by atoms with van der Waals surface area (Å²) < 4.78 is 38.1. The fourth-order valence-electron chi connectivity index (χ4n) is 3.17. The van der Waals surface area contributed by atoms with Crippen LogP contribution in [0, 0.1) is 5.92 Å². The smallest absolute Gasteiger partial charge is 0.314 e. The molecular formula is C21H23Cl2NO5S. The van der Waals surface area contributed by atoms with E-state index in [1.165, 1.54) is 22.5 Å². The summed E-state index contributed by atoms with van der Waals surface area (Å²) >= 11 is 12.0. The monoisotopic (exact) mass is 471 g/mol. The number of sulfonamides is 1. The van der Waals surface area contributed by atoms with E-state index in [1.807, 2.05) is 6.92 Å². The molecule has 9 heteroatoms. The highest BCUT2D eigenvalue weighted by molar-refractivity contribution is 7.89. The third-order valence-corrected chi connectivity index (χ3v) is 7.43. The highest BCUT2D eigenvalue weighted by Crippen LogP contribution is 2.31. The molecule has 0 N–H and O–H groups in total. The Morgan fingerprint density at radius 1 is 1.07 bits per heavy atom. The molecule has 1 aliphatic heterocycles. The van der Waals surface area contributed by atoms with Crippen LogP contribution in [0.2, 0.25) is 10.0 Å². The van der Waals surface area contributed by atoms with Gasteiger partial charge >= 0.3 is 5.97 Å². The first-order valence-electron chi connectivity index (χ1n) is 9.71. The highest BCUT2D eigenvalue weighted by Gasteiger charge is 2.34. The van der Waals surface area contributed by atoms with Gasteiger partial charge in [-0.15, -0.1) is 0 Å². The molecule has 6 nitrogen and oxygen atoms in total. The van der Waals surface area contributed by atoms with E-state index in [4.69, 9.17) is 32.7 Å². The number of carbonyl (C=O) groups is 1. The lowest BCUT2D eigenvalue weighted by atomic mass is 9.98. The summed E-state index contributed by atoms with van der Waals surface area (Å²) in [6.07, 6.45) is 1.65. The molecule has 3 rings (SSSR count). The Labute approximate surface area is 186 Å². The standard InChI is InChI=1S/C21H23Cl2NO5S/c1-2-13-28-17-4-6-18(7-5-17)29-21(25)15-9-11-24(12-10-15)30(26,27)20-14-16(22)3-8-19(20)23/h3-8,14-15H,2,9-13H2,1H3. The SMILES string of the molecule is CCCOc1ccc(OC(=O)C2CCN(S(=O)(=O)c3cc(Cl)ccc3Cl)CC2)cc1. The van der Waals surface area contributed by atoms with Crippen molar-refractivity contribution < 1.29 is 22.7 Å². The predicted octanol–water partition coefficient (Wildman–Crippen LogP) is 4.79. The van der Waals surface area contributed by atoms with Crippen molar-refractivity contribution in [3.8, 4) is 11.5 Å². The van der Waals surface area contributed by atoms with E-state index in [-0.39, 0.29) is 34.9 Å². The maximum absolute atomic E-state index is 12.9. The van der Waals surface area contributed by atoms with Gasteiger partial charge in [0.15, 0.2) is 0 Å². The molecule has 1 aliphatic rings. The number of piperidine rings is 1. The molecule has 1 saturated heterocycles. The third-order valence-electron chi connectivity index (χ3n) is 4.81. The Bertz CT molecular complexity index is 987. The highest BCUT2D eigenvalue weighted by atomic mass is 35.5. The van der Waals surface area contributed by atoms with E-state index in [0.29, 0.717) is 30.2 Å². The lowest BCUT2D eigenvalue weighted by molar-refractivity contribution is -0.140. The van der Waals surface area contributed by atoms with Crippen molar-refractivity contribution in [1.29, 1.82) is 0 Å². The second-order valence-electron chi connectivity index (χ2n) is 6.99. The molecule has 1 heterocycles. The fourth-order valence-corrected chi connectivity index (χ4v) is 5.38. The number of benzene rings is 2. The van der Waals surface area contributed by atoms with E-state index in [0.717, 1.165) is 12.2 Å². The summed E-state index contributed by atoms with van der Waals surface area (Å²) in [6, 6.07) is 11.2. The molecule has 1 fully saturated rings. The molecule has 0 radical (unpaired) electrons. The van der Waals surface area contributed by atoms with E-state index in [2.05, 4.69) is 0 Å². The first-order valence-corrected chi connectivity index (χ1v) is 11.9.